The summed E-state index contributed by atoms with van der Waals surface area (Å²) in [4.78, 5) is 27.9. The van der Waals surface area contributed by atoms with Crippen LogP contribution in [0.1, 0.15) is 26.7 Å². The molecule has 1 unspecified atom stereocenters. The molecule has 1 saturated heterocycles. The van der Waals surface area contributed by atoms with Gasteiger partial charge in [0, 0.05) is 25.2 Å². The number of nitrogens with one attached hydrogen (secondary N) is 1. The molecular weight excluding hydrogens is 362 g/mol. The zero-order valence-corrected chi connectivity index (χ0v) is 17.1. The average Bonchev–Trinajstić information content (AvgIpc) is 2.71. The number of anilines is 1. The van der Waals surface area contributed by atoms with Gasteiger partial charge in [-0.1, -0.05) is 6.92 Å². The van der Waals surface area contributed by atoms with Crippen LogP contribution in [0.15, 0.2) is 18.2 Å². The second-order valence-electron chi connectivity index (χ2n) is 6.96. The van der Waals surface area contributed by atoms with Crippen molar-refractivity contribution in [3.63, 3.8) is 0 Å². The van der Waals surface area contributed by atoms with Gasteiger partial charge in [0.15, 0.2) is 0 Å². The number of hydrogen-bond acceptors (Lipinski definition) is 6. The number of ether oxygens (including phenoxy) is 2. The summed E-state index contributed by atoms with van der Waals surface area (Å²) in [6, 6.07) is 5.21. The number of carbonyl (C=O) groups excluding carboxylic acids is 1. The van der Waals surface area contributed by atoms with Crippen LogP contribution in [0.5, 0.6) is 11.5 Å². The van der Waals surface area contributed by atoms with Crippen molar-refractivity contribution < 1.29 is 24.2 Å². The number of nitrogens with zero attached hydrogens (tertiary/aromatic N) is 2. The minimum Gasteiger partial charge on any atom is -0.497 e. The molecule has 2 rings (SSSR count). The Balaban J connectivity index is 1.95. The smallest absolute Gasteiger partial charge is 0.317 e. The van der Waals surface area contributed by atoms with Gasteiger partial charge in [-0.2, -0.15) is 0 Å². The summed E-state index contributed by atoms with van der Waals surface area (Å²) in [5, 5.41) is 12.0. The van der Waals surface area contributed by atoms with Crippen molar-refractivity contribution in [1.82, 2.24) is 9.80 Å². The number of amides is 1. The van der Waals surface area contributed by atoms with Gasteiger partial charge in [0.05, 0.1) is 32.5 Å². The predicted octanol–water partition coefficient (Wildman–Crippen LogP) is 1.90. The first-order chi connectivity index (χ1) is 13.4. The Labute approximate surface area is 166 Å². The van der Waals surface area contributed by atoms with Gasteiger partial charge in [-0.25, -0.2) is 0 Å². The van der Waals surface area contributed by atoms with Crippen LogP contribution in [0.4, 0.5) is 5.69 Å². The molecule has 1 fully saturated rings. The van der Waals surface area contributed by atoms with E-state index < -0.39 is 5.97 Å². The Hall–Kier alpha value is -2.32. The third kappa shape index (κ3) is 5.59. The molecule has 1 aromatic carbocycles. The molecule has 0 aliphatic carbocycles. The minimum atomic E-state index is -0.802. The van der Waals surface area contributed by atoms with E-state index in [0.717, 1.165) is 25.9 Å². The molecule has 1 aromatic rings. The highest BCUT2D eigenvalue weighted by atomic mass is 16.5. The number of aliphatic carboxylic acids is 1. The number of rotatable bonds is 9. The fraction of sp³-hybridized carbons (Fsp3) is 0.600. The molecule has 156 valence electrons. The van der Waals surface area contributed by atoms with Crippen LogP contribution in [0.2, 0.25) is 0 Å². The Morgan fingerprint density at radius 2 is 1.96 bits per heavy atom. The molecule has 0 radical (unpaired) electrons. The van der Waals surface area contributed by atoms with Crippen molar-refractivity contribution in [2.75, 3.05) is 45.7 Å². The molecule has 0 saturated carbocycles. The molecule has 1 aliphatic heterocycles. The van der Waals surface area contributed by atoms with Crippen LogP contribution in [-0.4, -0.2) is 79.3 Å². The van der Waals surface area contributed by atoms with Gasteiger partial charge in [-0.05, 0) is 38.4 Å². The zero-order chi connectivity index (χ0) is 20.7. The second-order valence-corrected chi connectivity index (χ2v) is 6.96. The van der Waals surface area contributed by atoms with E-state index in [0.29, 0.717) is 23.7 Å². The lowest BCUT2D eigenvalue weighted by Crippen LogP contribution is -2.51. The molecular formula is C20H31N3O5. The molecule has 1 heterocycles. The maximum Gasteiger partial charge on any atom is 0.317 e. The SMILES string of the molecule is CCN(CC(=O)O)C1CCN(C(C)C(=O)Nc2cc(OC)ccc2OC)CC1. The molecule has 1 aliphatic rings. The van der Waals surface area contributed by atoms with Crippen molar-refractivity contribution in [3.05, 3.63) is 18.2 Å². The summed E-state index contributed by atoms with van der Waals surface area (Å²) in [5.41, 5.74) is 0.576. The number of carboxylic acids is 1. The lowest BCUT2D eigenvalue weighted by molar-refractivity contribution is -0.139. The first kappa shape index (κ1) is 22.0. The number of piperidine rings is 1. The minimum absolute atomic E-state index is 0.0623. The fourth-order valence-electron chi connectivity index (χ4n) is 3.63. The Morgan fingerprint density at radius 3 is 2.50 bits per heavy atom. The van der Waals surface area contributed by atoms with E-state index in [1.54, 1.807) is 32.4 Å². The van der Waals surface area contributed by atoms with Crippen LogP contribution >= 0.6 is 0 Å². The van der Waals surface area contributed by atoms with Crippen LogP contribution in [0, 0.1) is 0 Å². The number of likely N-dealkylation sites (tertiary alicyclic amines) is 1. The van der Waals surface area contributed by atoms with Gasteiger partial charge >= 0.3 is 5.97 Å². The first-order valence-corrected chi connectivity index (χ1v) is 9.62. The Kier molecular flexibility index (Phi) is 8.07. The molecule has 8 nitrogen and oxygen atoms in total. The van der Waals surface area contributed by atoms with Crippen molar-refractivity contribution in [2.45, 2.75) is 38.8 Å². The number of benzene rings is 1. The summed E-state index contributed by atoms with van der Waals surface area (Å²) in [6.45, 7) is 6.15. The lowest BCUT2D eigenvalue weighted by Gasteiger charge is -2.39. The van der Waals surface area contributed by atoms with E-state index in [9.17, 15) is 9.59 Å². The van der Waals surface area contributed by atoms with E-state index in [4.69, 9.17) is 14.6 Å². The highest BCUT2D eigenvalue weighted by Gasteiger charge is 2.29. The number of hydrogen-bond donors (Lipinski definition) is 2. The highest BCUT2D eigenvalue weighted by molar-refractivity contribution is 5.96. The molecule has 0 aromatic heterocycles. The first-order valence-electron chi connectivity index (χ1n) is 9.62. The van der Waals surface area contributed by atoms with Crippen LogP contribution < -0.4 is 14.8 Å². The molecule has 8 heteroatoms. The van der Waals surface area contributed by atoms with E-state index in [2.05, 4.69) is 10.2 Å². The van der Waals surface area contributed by atoms with Crippen molar-refractivity contribution in [1.29, 1.82) is 0 Å². The van der Waals surface area contributed by atoms with Gasteiger partial charge in [-0.15, -0.1) is 0 Å². The van der Waals surface area contributed by atoms with Crippen LogP contribution in [0.3, 0.4) is 0 Å². The van der Waals surface area contributed by atoms with E-state index in [-0.39, 0.29) is 24.5 Å². The van der Waals surface area contributed by atoms with E-state index in [1.165, 1.54) is 0 Å². The summed E-state index contributed by atoms with van der Waals surface area (Å²) in [6.07, 6.45) is 1.70. The second kappa shape index (κ2) is 10.3. The van der Waals surface area contributed by atoms with Gasteiger partial charge < -0.3 is 19.9 Å². The largest absolute Gasteiger partial charge is 0.497 e. The zero-order valence-electron chi connectivity index (χ0n) is 17.1. The standard InChI is InChI=1S/C20H31N3O5/c1-5-22(13-19(24)25)15-8-10-23(11-9-15)14(2)20(26)21-17-12-16(27-3)6-7-18(17)28-4/h6-7,12,14-15H,5,8-11,13H2,1-4H3,(H,21,26)(H,24,25). The maximum atomic E-state index is 12.8. The molecule has 28 heavy (non-hydrogen) atoms. The number of likely N-dealkylation sites (N-methyl/N-ethyl adjacent to an activating group) is 1. The van der Waals surface area contributed by atoms with E-state index in [1.807, 2.05) is 18.7 Å². The van der Waals surface area contributed by atoms with Crippen LogP contribution in [-0.2, 0) is 9.59 Å². The number of carbonyl (C=O) groups is 2. The molecule has 0 spiro atoms. The maximum absolute atomic E-state index is 12.8. The van der Waals surface area contributed by atoms with Crippen molar-refractivity contribution in [2.24, 2.45) is 0 Å². The van der Waals surface area contributed by atoms with Gasteiger partial charge in [0.2, 0.25) is 5.91 Å². The predicted molar refractivity (Wildman–Crippen MR) is 107 cm³/mol. The highest BCUT2D eigenvalue weighted by Crippen LogP contribution is 2.29. The van der Waals surface area contributed by atoms with Gasteiger partial charge in [0.25, 0.3) is 0 Å². The Bertz CT molecular complexity index is 674. The summed E-state index contributed by atoms with van der Waals surface area (Å²) >= 11 is 0. The third-order valence-electron chi connectivity index (χ3n) is 5.35. The Morgan fingerprint density at radius 1 is 1.29 bits per heavy atom. The summed E-state index contributed by atoms with van der Waals surface area (Å²) in [7, 11) is 3.13. The topological polar surface area (TPSA) is 91.3 Å². The lowest BCUT2D eigenvalue weighted by atomic mass is 10.0. The fourth-order valence-corrected chi connectivity index (χ4v) is 3.63. The van der Waals surface area contributed by atoms with Gasteiger partial charge in [0.1, 0.15) is 11.5 Å². The monoisotopic (exact) mass is 393 g/mol. The van der Waals surface area contributed by atoms with E-state index >= 15 is 0 Å². The third-order valence-corrected chi connectivity index (χ3v) is 5.35. The summed E-state index contributed by atoms with van der Waals surface area (Å²) in [5.74, 6) is 0.308. The van der Waals surface area contributed by atoms with Gasteiger partial charge in [-0.3, -0.25) is 19.4 Å². The van der Waals surface area contributed by atoms with Crippen molar-refractivity contribution >= 4 is 17.6 Å². The quantitative estimate of drug-likeness (QED) is 0.662. The molecule has 1 amide bonds. The van der Waals surface area contributed by atoms with Crippen LogP contribution in [0.25, 0.3) is 0 Å². The molecule has 2 N–H and O–H groups in total. The summed E-state index contributed by atoms with van der Waals surface area (Å²) < 4.78 is 10.5. The number of carboxylic acid groups (broad SMARTS) is 1. The van der Waals surface area contributed by atoms with Crippen molar-refractivity contribution in [3.8, 4) is 11.5 Å². The molecule has 0 bridgehead atoms. The molecule has 1 atom stereocenters. The average molecular weight is 393 g/mol. The number of methoxy groups -OCH3 is 2. The normalized spacial score (nSPS) is 16.6.